The number of fused-ring (bicyclic) bond motifs is 1. The molecule has 0 atom stereocenters. The zero-order valence-electron chi connectivity index (χ0n) is 5.96. The molecule has 0 amide bonds. The van der Waals surface area contributed by atoms with Crippen molar-refractivity contribution < 1.29 is 0 Å². The molecular weight excluding hydrogens is 156 g/mol. The fourth-order valence-corrected chi connectivity index (χ4v) is 1.81. The van der Waals surface area contributed by atoms with Crippen molar-refractivity contribution in [3.8, 4) is 0 Å². The van der Waals surface area contributed by atoms with Crippen LogP contribution in [-0.2, 0) is 0 Å². The minimum absolute atomic E-state index is 0. The van der Waals surface area contributed by atoms with Gasteiger partial charge in [-0.1, -0.05) is 7.43 Å². The molecule has 0 aliphatic heterocycles. The lowest BCUT2D eigenvalue weighted by Gasteiger charge is -1.86. The molecule has 0 aliphatic carbocycles. The molecule has 0 aliphatic rings. The van der Waals surface area contributed by atoms with Crippen molar-refractivity contribution >= 4 is 16.3 Å². The smallest absolute Gasteiger partial charge is 0.194 e. The first kappa shape index (κ1) is 8.27. The van der Waals surface area contributed by atoms with Crippen molar-refractivity contribution in [2.24, 2.45) is 0 Å². The number of aryl methyl sites for hydroxylation is 2. The largest absolute Gasteiger partial charge is 0.295 e. The summed E-state index contributed by atoms with van der Waals surface area (Å²) in [6.07, 6.45) is 2.05. The standard InChI is InChI=1S/C7H8N2S.CH4/c1-5-6(2)9-3-4-10-7(9)8-5;/h3-4H,1-2H3;1H4. The molecule has 0 radical (unpaired) electrons. The Labute approximate surface area is 70.5 Å². The van der Waals surface area contributed by atoms with E-state index < -0.39 is 0 Å². The van der Waals surface area contributed by atoms with Crippen LogP contribution in [0.4, 0.5) is 0 Å². The molecule has 0 saturated heterocycles. The van der Waals surface area contributed by atoms with E-state index in [1.54, 1.807) is 11.3 Å². The number of aromatic nitrogens is 2. The van der Waals surface area contributed by atoms with Crippen LogP contribution in [0.3, 0.4) is 0 Å². The van der Waals surface area contributed by atoms with Gasteiger partial charge in [-0.05, 0) is 13.8 Å². The number of rotatable bonds is 0. The summed E-state index contributed by atoms with van der Waals surface area (Å²) in [4.78, 5) is 5.45. The minimum Gasteiger partial charge on any atom is -0.295 e. The van der Waals surface area contributed by atoms with Crippen LogP contribution < -0.4 is 0 Å². The van der Waals surface area contributed by atoms with Crippen LogP contribution in [-0.4, -0.2) is 9.38 Å². The number of nitrogens with zero attached hydrogens (tertiary/aromatic N) is 2. The molecule has 2 heterocycles. The van der Waals surface area contributed by atoms with Gasteiger partial charge in [0.25, 0.3) is 0 Å². The Hall–Kier alpha value is -0.830. The van der Waals surface area contributed by atoms with Crippen LogP contribution in [0.2, 0.25) is 0 Å². The monoisotopic (exact) mass is 168 g/mol. The van der Waals surface area contributed by atoms with E-state index in [0.717, 1.165) is 10.7 Å². The summed E-state index contributed by atoms with van der Waals surface area (Å²) < 4.78 is 2.11. The van der Waals surface area contributed by atoms with Gasteiger partial charge in [-0.3, -0.25) is 4.40 Å². The molecular formula is C8H12N2S. The molecule has 3 heteroatoms. The van der Waals surface area contributed by atoms with Crippen molar-refractivity contribution in [3.63, 3.8) is 0 Å². The van der Waals surface area contributed by atoms with Gasteiger partial charge in [0.05, 0.1) is 5.69 Å². The average Bonchev–Trinajstić information content (AvgIpc) is 2.41. The lowest BCUT2D eigenvalue weighted by Crippen LogP contribution is -1.80. The highest BCUT2D eigenvalue weighted by Crippen LogP contribution is 2.14. The first-order valence-electron chi connectivity index (χ1n) is 3.18. The maximum Gasteiger partial charge on any atom is 0.194 e. The summed E-state index contributed by atoms with van der Waals surface area (Å²) in [7, 11) is 0. The third kappa shape index (κ3) is 1.05. The molecule has 0 spiro atoms. The van der Waals surface area contributed by atoms with Gasteiger partial charge in [-0.2, -0.15) is 0 Å². The molecule has 0 bridgehead atoms. The predicted octanol–water partition coefficient (Wildman–Crippen LogP) is 2.65. The molecule has 2 nitrogen and oxygen atoms in total. The molecule has 60 valence electrons. The van der Waals surface area contributed by atoms with Gasteiger partial charge >= 0.3 is 0 Å². The van der Waals surface area contributed by atoms with Crippen LogP contribution in [0.25, 0.3) is 4.96 Å². The first-order valence-corrected chi connectivity index (χ1v) is 4.06. The topological polar surface area (TPSA) is 17.3 Å². The van der Waals surface area contributed by atoms with Crippen molar-refractivity contribution in [3.05, 3.63) is 23.0 Å². The lowest BCUT2D eigenvalue weighted by atomic mass is 10.4. The van der Waals surface area contributed by atoms with Crippen LogP contribution in [0.5, 0.6) is 0 Å². The molecule has 2 rings (SSSR count). The maximum absolute atomic E-state index is 4.35. The molecule has 0 fully saturated rings. The summed E-state index contributed by atoms with van der Waals surface area (Å²) in [6.45, 7) is 4.12. The van der Waals surface area contributed by atoms with Crippen LogP contribution in [0.1, 0.15) is 18.8 Å². The highest BCUT2D eigenvalue weighted by Gasteiger charge is 2.02. The second-order valence-corrected chi connectivity index (χ2v) is 3.21. The predicted molar refractivity (Wildman–Crippen MR) is 49.3 cm³/mol. The van der Waals surface area contributed by atoms with Gasteiger partial charge in [0.15, 0.2) is 4.96 Å². The SMILES string of the molecule is C.Cc1nc2sccn2c1C. The number of hydrogen-bond donors (Lipinski definition) is 0. The minimum atomic E-state index is 0. The lowest BCUT2D eigenvalue weighted by molar-refractivity contribution is 1.11. The van der Waals surface area contributed by atoms with E-state index in [0.29, 0.717) is 0 Å². The van der Waals surface area contributed by atoms with E-state index in [2.05, 4.69) is 27.9 Å². The summed E-state index contributed by atoms with van der Waals surface area (Å²) >= 11 is 1.67. The zero-order valence-corrected chi connectivity index (χ0v) is 6.77. The van der Waals surface area contributed by atoms with Crippen LogP contribution >= 0.6 is 11.3 Å². The molecule has 0 aromatic carbocycles. The van der Waals surface area contributed by atoms with Crippen molar-refractivity contribution in [1.29, 1.82) is 0 Å². The van der Waals surface area contributed by atoms with E-state index in [1.807, 2.05) is 6.92 Å². The van der Waals surface area contributed by atoms with Crippen molar-refractivity contribution in [2.45, 2.75) is 21.3 Å². The van der Waals surface area contributed by atoms with Gasteiger partial charge < -0.3 is 0 Å². The van der Waals surface area contributed by atoms with E-state index in [4.69, 9.17) is 0 Å². The quantitative estimate of drug-likeness (QED) is 0.591. The Balaban J connectivity index is 0.000000605. The number of hydrogen-bond acceptors (Lipinski definition) is 2. The van der Waals surface area contributed by atoms with Crippen molar-refractivity contribution in [1.82, 2.24) is 9.38 Å². The maximum atomic E-state index is 4.35. The molecule has 2 aromatic rings. The second-order valence-electron chi connectivity index (χ2n) is 2.34. The third-order valence-corrected chi connectivity index (χ3v) is 2.49. The molecule has 0 N–H and O–H groups in total. The van der Waals surface area contributed by atoms with Gasteiger partial charge in [0.2, 0.25) is 0 Å². The van der Waals surface area contributed by atoms with Gasteiger partial charge in [-0.25, -0.2) is 4.98 Å². The molecule has 0 saturated carbocycles. The molecule has 11 heavy (non-hydrogen) atoms. The summed E-state index contributed by atoms with van der Waals surface area (Å²) in [6, 6.07) is 0. The Morgan fingerprint density at radius 1 is 1.45 bits per heavy atom. The Bertz CT molecular complexity index is 359. The first-order chi connectivity index (χ1) is 4.79. The average molecular weight is 168 g/mol. The summed E-state index contributed by atoms with van der Waals surface area (Å²) in [5.74, 6) is 0. The van der Waals surface area contributed by atoms with E-state index >= 15 is 0 Å². The van der Waals surface area contributed by atoms with Crippen molar-refractivity contribution in [2.75, 3.05) is 0 Å². The third-order valence-electron chi connectivity index (χ3n) is 1.74. The van der Waals surface area contributed by atoms with Gasteiger partial charge in [0, 0.05) is 17.3 Å². The highest BCUT2D eigenvalue weighted by molar-refractivity contribution is 7.15. The summed E-state index contributed by atoms with van der Waals surface area (Å²) in [5.41, 5.74) is 2.38. The fraction of sp³-hybridized carbons (Fsp3) is 0.375. The summed E-state index contributed by atoms with van der Waals surface area (Å²) in [5, 5.41) is 2.05. The van der Waals surface area contributed by atoms with E-state index in [-0.39, 0.29) is 7.43 Å². The zero-order chi connectivity index (χ0) is 7.14. The second kappa shape index (κ2) is 2.66. The molecule has 0 unspecified atom stereocenters. The van der Waals surface area contributed by atoms with Gasteiger partial charge in [0.1, 0.15) is 0 Å². The Morgan fingerprint density at radius 2 is 2.18 bits per heavy atom. The van der Waals surface area contributed by atoms with E-state index in [1.165, 1.54) is 5.69 Å². The Morgan fingerprint density at radius 3 is 2.82 bits per heavy atom. The van der Waals surface area contributed by atoms with E-state index in [9.17, 15) is 0 Å². The van der Waals surface area contributed by atoms with Crippen LogP contribution in [0.15, 0.2) is 11.6 Å². The fourth-order valence-electron chi connectivity index (χ4n) is 1.01. The normalized spacial score (nSPS) is 10.0. The molecule has 2 aromatic heterocycles. The van der Waals surface area contributed by atoms with Gasteiger partial charge in [-0.15, -0.1) is 11.3 Å². The van der Waals surface area contributed by atoms with Crippen LogP contribution in [0, 0.1) is 13.8 Å². The highest BCUT2D eigenvalue weighted by atomic mass is 32.1. The number of thiazole rings is 1. The number of imidazole rings is 1. The Kier molecular flexibility index (Phi) is 2.00.